The van der Waals surface area contributed by atoms with Crippen LogP contribution in [0.3, 0.4) is 0 Å². The minimum atomic E-state index is -3.30. The van der Waals surface area contributed by atoms with Gasteiger partial charge < -0.3 is 14.8 Å². The highest BCUT2D eigenvalue weighted by molar-refractivity contribution is 7.92. The summed E-state index contributed by atoms with van der Waals surface area (Å²) in [6, 6.07) is 15.1. The summed E-state index contributed by atoms with van der Waals surface area (Å²) in [6.45, 7) is 4.36. The molecule has 0 aromatic heterocycles. The number of halogens is 1. The van der Waals surface area contributed by atoms with Crippen LogP contribution >= 0.6 is 12.4 Å². The topological polar surface area (TPSA) is 97.0 Å². The lowest BCUT2D eigenvalue weighted by atomic mass is 9.95. The highest BCUT2D eigenvalue weighted by Crippen LogP contribution is 2.25. The average molecular weight is 538 g/mol. The first-order valence-corrected chi connectivity index (χ1v) is 14.2. The molecule has 0 atom stereocenters. The highest BCUT2D eigenvalue weighted by atomic mass is 35.5. The van der Waals surface area contributed by atoms with Gasteiger partial charge >= 0.3 is 0 Å². The number of benzene rings is 2. The molecule has 0 saturated carbocycles. The van der Waals surface area contributed by atoms with Crippen LogP contribution in [0.25, 0.3) is 0 Å². The van der Waals surface area contributed by atoms with Crippen LogP contribution in [-0.2, 0) is 26.1 Å². The van der Waals surface area contributed by atoms with Crippen molar-refractivity contribution >= 4 is 34.0 Å². The molecule has 198 valence electrons. The van der Waals surface area contributed by atoms with E-state index in [-0.39, 0.29) is 24.4 Å². The van der Waals surface area contributed by atoms with Gasteiger partial charge in [0.2, 0.25) is 15.9 Å². The number of carbonyl (C=O) groups is 1. The number of carbonyl (C=O) groups excluding carboxylic acids is 1. The van der Waals surface area contributed by atoms with Crippen molar-refractivity contribution in [2.75, 3.05) is 37.3 Å². The third-order valence-corrected chi connectivity index (χ3v) is 7.10. The number of hydrogen-bond acceptors (Lipinski definition) is 6. The Bertz CT molecular complexity index is 1070. The lowest BCUT2D eigenvalue weighted by molar-refractivity contribution is -0.123. The Morgan fingerprint density at radius 1 is 0.972 bits per heavy atom. The van der Waals surface area contributed by atoms with Gasteiger partial charge in [-0.3, -0.25) is 14.4 Å². The highest BCUT2D eigenvalue weighted by Gasteiger charge is 2.23. The van der Waals surface area contributed by atoms with E-state index in [9.17, 15) is 13.2 Å². The number of anilines is 1. The van der Waals surface area contributed by atoms with E-state index in [1.165, 1.54) is 5.56 Å². The second kappa shape index (κ2) is 13.3. The van der Waals surface area contributed by atoms with Gasteiger partial charge in [-0.05, 0) is 73.6 Å². The molecule has 2 fully saturated rings. The van der Waals surface area contributed by atoms with Gasteiger partial charge in [0.05, 0.1) is 6.26 Å². The van der Waals surface area contributed by atoms with Crippen molar-refractivity contribution in [3.05, 3.63) is 54.1 Å². The summed E-state index contributed by atoms with van der Waals surface area (Å²) in [5, 5.41) is 3.24. The van der Waals surface area contributed by atoms with E-state index in [0.717, 1.165) is 70.5 Å². The maximum Gasteiger partial charge on any atom is 0.229 e. The van der Waals surface area contributed by atoms with Crippen LogP contribution in [0.5, 0.6) is 11.5 Å². The Labute approximate surface area is 220 Å². The molecule has 0 unspecified atom stereocenters. The van der Waals surface area contributed by atoms with Crippen LogP contribution in [0.1, 0.15) is 37.7 Å². The second-order valence-corrected chi connectivity index (χ2v) is 11.3. The summed E-state index contributed by atoms with van der Waals surface area (Å²) in [6.07, 6.45) is 5.68. The molecule has 2 aliphatic rings. The Morgan fingerprint density at radius 3 is 2.14 bits per heavy atom. The van der Waals surface area contributed by atoms with Crippen LogP contribution in [0.15, 0.2) is 48.5 Å². The third-order valence-electron chi connectivity index (χ3n) is 6.49. The van der Waals surface area contributed by atoms with Crippen LogP contribution in [-0.4, -0.2) is 57.8 Å². The van der Waals surface area contributed by atoms with Crippen LogP contribution in [0.2, 0.25) is 0 Å². The lowest BCUT2D eigenvalue weighted by Gasteiger charge is -2.32. The minimum absolute atomic E-state index is 0. The average Bonchev–Trinajstić information content (AvgIpc) is 2.82. The summed E-state index contributed by atoms with van der Waals surface area (Å²) in [4.78, 5) is 14.8. The predicted octanol–water partition coefficient (Wildman–Crippen LogP) is 4.17. The summed E-state index contributed by atoms with van der Waals surface area (Å²) in [5.74, 6) is 2.01. The molecule has 2 saturated heterocycles. The van der Waals surface area contributed by atoms with Crippen LogP contribution in [0, 0.1) is 5.92 Å². The van der Waals surface area contributed by atoms with Crippen LogP contribution < -0.4 is 14.8 Å². The normalized spacial score (nSPS) is 17.7. The van der Waals surface area contributed by atoms with Gasteiger partial charge in [0.25, 0.3) is 0 Å². The van der Waals surface area contributed by atoms with E-state index in [2.05, 4.69) is 27.1 Å². The number of nitrogens with one attached hydrogen (secondary N) is 2. The molecule has 4 rings (SSSR count). The Morgan fingerprint density at radius 2 is 1.56 bits per heavy atom. The summed E-state index contributed by atoms with van der Waals surface area (Å²) < 4.78 is 36.3. The smallest absolute Gasteiger partial charge is 0.229 e. The van der Waals surface area contributed by atoms with E-state index < -0.39 is 10.0 Å². The van der Waals surface area contributed by atoms with Gasteiger partial charge in [0, 0.05) is 51.0 Å². The molecule has 2 heterocycles. The fourth-order valence-corrected chi connectivity index (χ4v) is 5.16. The standard InChI is InChI=1S/C26H35N3O5S.ClH/c1-35(31,32)28-23-4-8-25(9-5-23)34-24-6-2-21(3-7-24)19-29-14-10-22(11-15-29)27-26(30)18-20-12-16-33-17-13-20;/h2-9,20,22,28H,10-19H2,1H3,(H,27,30);1H. The quantitative estimate of drug-likeness (QED) is 0.498. The fraction of sp³-hybridized carbons (Fsp3) is 0.500. The Hall–Kier alpha value is -2.33. The first kappa shape index (κ1) is 28.2. The number of piperidine rings is 1. The molecule has 2 aromatic carbocycles. The molecule has 0 spiro atoms. The SMILES string of the molecule is CS(=O)(=O)Nc1ccc(Oc2ccc(CN3CCC(NC(=O)CC4CCOCC4)CC3)cc2)cc1.Cl. The number of ether oxygens (including phenoxy) is 2. The summed E-state index contributed by atoms with van der Waals surface area (Å²) in [5.41, 5.74) is 1.71. The van der Waals surface area contributed by atoms with Gasteiger partial charge in [-0.2, -0.15) is 0 Å². The van der Waals surface area contributed by atoms with Gasteiger partial charge in [-0.15, -0.1) is 12.4 Å². The zero-order valence-corrected chi connectivity index (χ0v) is 22.3. The van der Waals surface area contributed by atoms with E-state index >= 15 is 0 Å². The molecule has 10 heteroatoms. The second-order valence-electron chi connectivity index (χ2n) is 9.52. The molecule has 0 radical (unpaired) electrons. The molecular weight excluding hydrogens is 502 g/mol. The first-order valence-electron chi connectivity index (χ1n) is 12.3. The van der Waals surface area contributed by atoms with Gasteiger partial charge in [0.15, 0.2) is 0 Å². The largest absolute Gasteiger partial charge is 0.457 e. The zero-order valence-electron chi connectivity index (χ0n) is 20.6. The molecule has 2 aliphatic heterocycles. The number of sulfonamides is 1. The van der Waals surface area contributed by atoms with Crippen molar-refractivity contribution in [3.63, 3.8) is 0 Å². The van der Waals surface area contributed by atoms with Crippen molar-refractivity contribution in [3.8, 4) is 11.5 Å². The number of likely N-dealkylation sites (tertiary alicyclic amines) is 1. The van der Waals surface area contributed by atoms with Gasteiger partial charge in [-0.25, -0.2) is 8.42 Å². The monoisotopic (exact) mass is 537 g/mol. The molecule has 0 aliphatic carbocycles. The maximum atomic E-state index is 12.4. The maximum absolute atomic E-state index is 12.4. The van der Waals surface area contributed by atoms with Gasteiger partial charge in [-0.1, -0.05) is 12.1 Å². The van der Waals surface area contributed by atoms with E-state index in [4.69, 9.17) is 9.47 Å². The Kier molecular flexibility index (Phi) is 10.4. The minimum Gasteiger partial charge on any atom is -0.457 e. The number of amides is 1. The predicted molar refractivity (Wildman–Crippen MR) is 143 cm³/mol. The first-order chi connectivity index (χ1) is 16.8. The van der Waals surface area contributed by atoms with E-state index in [1.54, 1.807) is 24.3 Å². The summed E-state index contributed by atoms with van der Waals surface area (Å²) >= 11 is 0. The molecule has 2 aromatic rings. The lowest BCUT2D eigenvalue weighted by Crippen LogP contribution is -2.44. The van der Waals surface area contributed by atoms with Crippen LogP contribution in [0.4, 0.5) is 5.69 Å². The van der Waals surface area contributed by atoms with E-state index in [0.29, 0.717) is 23.8 Å². The molecule has 2 N–H and O–H groups in total. The number of hydrogen-bond donors (Lipinski definition) is 2. The molecule has 0 bridgehead atoms. The summed E-state index contributed by atoms with van der Waals surface area (Å²) in [7, 11) is -3.30. The molecular formula is C26H36ClN3O5S. The van der Waals surface area contributed by atoms with E-state index in [1.807, 2.05) is 12.1 Å². The molecule has 8 nitrogen and oxygen atoms in total. The van der Waals surface area contributed by atoms with Crippen molar-refractivity contribution in [1.29, 1.82) is 0 Å². The van der Waals surface area contributed by atoms with Crippen molar-refractivity contribution in [2.45, 2.75) is 44.7 Å². The zero-order chi connectivity index (χ0) is 24.7. The third kappa shape index (κ3) is 9.28. The number of nitrogens with zero attached hydrogens (tertiary/aromatic N) is 1. The van der Waals surface area contributed by atoms with Crippen molar-refractivity contribution < 1.29 is 22.7 Å². The molecule has 36 heavy (non-hydrogen) atoms. The van der Waals surface area contributed by atoms with Crippen molar-refractivity contribution in [1.82, 2.24) is 10.2 Å². The number of rotatable bonds is 9. The van der Waals surface area contributed by atoms with Gasteiger partial charge in [0.1, 0.15) is 11.5 Å². The van der Waals surface area contributed by atoms with Crippen molar-refractivity contribution in [2.24, 2.45) is 5.92 Å². The molecule has 1 amide bonds. The Balaban J connectivity index is 0.00000361. The fourth-order valence-electron chi connectivity index (χ4n) is 4.60.